The average molecular weight is 388 g/mol. The summed E-state index contributed by atoms with van der Waals surface area (Å²) in [6, 6.07) is 0.816. The molecule has 0 unspecified atom stereocenters. The van der Waals surface area contributed by atoms with Crippen LogP contribution in [-0.2, 0) is 20.7 Å². The summed E-state index contributed by atoms with van der Waals surface area (Å²) in [4.78, 5) is 3.09. The molecule has 0 aliphatic carbocycles. The van der Waals surface area contributed by atoms with Crippen molar-refractivity contribution in [1.29, 1.82) is 0 Å². The van der Waals surface area contributed by atoms with Crippen molar-refractivity contribution in [2.45, 2.75) is 30.3 Å². The van der Waals surface area contributed by atoms with E-state index in [9.17, 15) is 43.5 Å². The van der Waals surface area contributed by atoms with E-state index < -0.39 is 44.5 Å². The molecule has 1 aromatic heterocycles. The summed E-state index contributed by atoms with van der Waals surface area (Å²) < 4.78 is 129. The van der Waals surface area contributed by atoms with Crippen LogP contribution in [0.15, 0.2) is 18.5 Å². The van der Waals surface area contributed by atoms with Crippen LogP contribution in [0, 0.1) is 6.92 Å². The van der Waals surface area contributed by atoms with E-state index in [2.05, 4.69) is 14.9 Å². The Morgan fingerprint density at radius 3 is 1.96 bits per heavy atom. The molecule has 0 amide bonds. The molecule has 0 bridgehead atoms. The Hall–Kier alpha value is -1.54. The first kappa shape index (κ1) is 20.5. The van der Waals surface area contributed by atoms with Crippen molar-refractivity contribution in [3.63, 3.8) is 0 Å². The molecule has 0 spiro atoms. The number of nitrogens with zero attached hydrogens (tertiary/aromatic N) is 1. The minimum atomic E-state index is -6.55. The topological polar surface area (TPSA) is 82.3 Å². The average Bonchev–Trinajstić information content (AvgIpc) is 2.35. The van der Waals surface area contributed by atoms with Crippen LogP contribution >= 0.6 is 0 Å². The van der Waals surface area contributed by atoms with E-state index in [1.165, 1.54) is 0 Å². The maximum atomic E-state index is 13.7. The summed E-state index contributed by atoms with van der Waals surface area (Å²) >= 11 is 0. The molecule has 1 rings (SSSR count). The van der Waals surface area contributed by atoms with Gasteiger partial charge in [0.1, 0.15) is 0 Å². The Kier molecular flexibility index (Phi) is 4.93. The number of hydrogen-bond donors (Lipinski definition) is 1. The molecule has 0 aliphatic rings. The van der Waals surface area contributed by atoms with Gasteiger partial charge in [-0.05, 0) is 18.6 Å². The van der Waals surface area contributed by atoms with Crippen LogP contribution < -0.4 is 5.14 Å². The number of aryl methyl sites for hydroxylation is 1. The second-order valence-corrected chi connectivity index (χ2v) is 6.07. The second kappa shape index (κ2) is 5.77. The Morgan fingerprint density at radius 1 is 1.04 bits per heavy atom. The van der Waals surface area contributed by atoms with Crippen molar-refractivity contribution in [3.8, 4) is 0 Å². The highest BCUT2D eigenvalue weighted by Gasteiger charge is 2.73. The highest BCUT2D eigenvalue weighted by atomic mass is 32.2. The van der Waals surface area contributed by atoms with E-state index >= 15 is 0 Å². The molecule has 2 N–H and O–H groups in total. The van der Waals surface area contributed by atoms with Gasteiger partial charge in [-0.25, -0.2) is 18.3 Å². The molecular weight excluding hydrogens is 380 g/mol. The summed E-state index contributed by atoms with van der Waals surface area (Å²) in [5.41, 5.74) is -2.13. The van der Waals surface area contributed by atoms with Gasteiger partial charge in [-0.3, -0.25) is 4.98 Å². The lowest BCUT2D eigenvalue weighted by molar-refractivity contribution is -0.459. The highest BCUT2D eigenvalue weighted by molar-refractivity contribution is 7.90. The number of halogens is 8. The molecule has 138 valence electrons. The first-order valence-corrected chi connectivity index (χ1v) is 7.17. The van der Waals surface area contributed by atoms with Crippen molar-refractivity contribution in [2.24, 2.45) is 5.14 Å². The lowest BCUT2D eigenvalue weighted by Gasteiger charge is -2.32. The molecule has 1 heterocycles. The van der Waals surface area contributed by atoms with Gasteiger partial charge in [-0.1, -0.05) is 0 Å². The van der Waals surface area contributed by atoms with E-state index in [1.54, 1.807) is 0 Å². The van der Waals surface area contributed by atoms with Crippen LogP contribution in [0.3, 0.4) is 0 Å². The van der Waals surface area contributed by atoms with Crippen molar-refractivity contribution in [3.05, 3.63) is 29.6 Å². The largest absolute Gasteiger partial charge is 0.448 e. The molecule has 0 aromatic carbocycles. The fraction of sp³-hybridized carbons (Fsp3) is 0.500. The third-order valence-corrected chi connectivity index (χ3v) is 3.65. The summed E-state index contributed by atoms with van der Waals surface area (Å²) in [7, 11) is -6.45. The van der Waals surface area contributed by atoms with Gasteiger partial charge in [0.05, 0.1) is 5.56 Å². The first-order chi connectivity index (χ1) is 10.5. The molecule has 24 heavy (non-hydrogen) atoms. The first-order valence-electron chi connectivity index (χ1n) is 5.62. The van der Waals surface area contributed by atoms with E-state index in [-0.39, 0.29) is 6.20 Å². The maximum Gasteiger partial charge on any atom is 0.448 e. The summed E-state index contributed by atoms with van der Waals surface area (Å²) in [5, 5.41) is -2.60. The van der Waals surface area contributed by atoms with E-state index in [0.717, 1.165) is 19.2 Å². The molecule has 0 saturated heterocycles. The number of aromatic nitrogens is 1. The predicted octanol–water partition coefficient (Wildman–Crippen LogP) is 2.57. The van der Waals surface area contributed by atoms with Gasteiger partial charge in [-0.2, -0.15) is 35.1 Å². The standard InChI is InChI=1S/C10H8F8N2O3S/c1-5-2-3-20-4-6(5)7(11,12)8(13,14)23-9(15,16)10(17,18)24(19,21)22/h2-4H,1H3,(H2,19,21,22). The van der Waals surface area contributed by atoms with Gasteiger partial charge in [0.15, 0.2) is 0 Å². The van der Waals surface area contributed by atoms with Crippen molar-refractivity contribution in [1.82, 2.24) is 4.98 Å². The lowest BCUT2D eigenvalue weighted by atomic mass is 10.0. The number of rotatable bonds is 6. The summed E-state index contributed by atoms with van der Waals surface area (Å²) in [6.07, 6.45) is -11.7. The summed E-state index contributed by atoms with van der Waals surface area (Å²) in [5.74, 6) is -5.54. The molecule has 0 fully saturated rings. The monoisotopic (exact) mass is 388 g/mol. The number of ether oxygens (including phenoxy) is 1. The highest BCUT2D eigenvalue weighted by Crippen LogP contribution is 2.50. The van der Waals surface area contributed by atoms with Gasteiger partial charge in [-0.15, -0.1) is 0 Å². The normalized spacial score (nSPS) is 14.8. The third-order valence-electron chi connectivity index (χ3n) is 2.70. The Bertz CT molecular complexity index is 723. The van der Waals surface area contributed by atoms with Crippen LogP contribution in [0.1, 0.15) is 11.1 Å². The third kappa shape index (κ3) is 3.30. The predicted molar refractivity (Wildman–Crippen MR) is 61.9 cm³/mol. The van der Waals surface area contributed by atoms with Crippen LogP contribution in [-0.4, -0.2) is 30.9 Å². The van der Waals surface area contributed by atoms with Gasteiger partial charge < -0.3 is 0 Å². The summed E-state index contributed by atoms with van der Waals surface area (Å²) in [6.45, 7) is 0.887. The molecule has 0 radical (unpaired) electrons. The van der Waals surface area contributed by atoms with E-state index in [4.69, 9.17) is 0 Å². The van der Waals surface area contributed by atoms with Gasteiger partial charge in [0.25, 0.3) is 10.0 Å². The Labute approximate surface area is 129 Å². The minimum Gasteiger partial charge on any atom is -0.264 e. The van der Waals surface area contributed by atoms with Crippen molar-refractivity contribution < 1.29 is 48.3 Å². The van der Waals surface area contributed by atoms with Crippen LogP contribution in [0.5, 0.6) is 0 Å². The SMILES string of the molecule is Cc1ccncc1C(F)(F)C(F)(F)OC(F)(F)C(F)(F)S(N)(=O)=O. The smallest absolute Gasteiger partial charge is 0.264 e. The number of nitrogens with two attached hydrogens (primary N) is 1. The number of alkyl halides is 8. The lowest BCUT2D eigenvalue weighted by Crippen LogP contribution is -2.56. The van der Waals surface area contributed by atoms with Gasteiger partial charge >= 0.3 is 23.4 Å². The Morgan fingerprint density at radius 2 is 1.54 bits per heavy atom. The van der Waals surface area contributed by atoms with E-state index in [1.807, 2.05) is 0 Å². The number of sulfonamides is 1. The molecule has 0 atom stereocenters. The molecular formula is C10H8F8N2O3S. The molecule has 5 nitrogen and oxygen atoms in total. The van der Waals surface area contributed by atoms with Crippen molar-refractivity contribution in [2.75, 3.05) is 0 Å². The fourth-order valence-electron chi connectivity index (χ4n) is 1.40. The number of primary sulfonamides is 1. The van der Waals surface area contributed by atoms with Gasteiger partial charge in [0, 0.05) is 12.4 Å². The van der Waals surface area contributed by atoms with E-state index in [0.29, 0.717) is 0 Å². The molecule has 0 saturated carbocycles. The second-order valence-electron chi connectivity index (χ2n) is 4.46. The zero-order valence-corrected chi connectivity index (χ0v) is 12.2. The number of pyridine rings is 1. The van der Waals surface area contributed by atoms with Crippen molar-refractivity contribution >= 4 is 10.0 Å². The molecule has 1 aromatic rings. The zero-order valence-electron chi connectivity index (χ0n) is 11.4. The quantitative estimate of drug-likeness (QED) is 0.760. The van der Waals surface area contributed by atoms with Crippen LogP contribution in [0.2, 0.25) is 0 Å². The van der Waals surface area contributed by atoms with Crippen LogP contribution in [0.4, 0.5) is 35.1 Å². The molecule has 0 aliphatic heterocycles. The minimum absolute atomic E-state index is 0.183. The zero-order chi connectivity index (χ0) is 19.2. The molecule has 14 heteroatoms. The number of hydrogen-bond acceptors (Lipinski definition) is 4. The Balaban J connectivity index is 3.33. The maximum absolute atomic E-state index is 13.7. The van der Waals surface area contributed by atoms with Gasteiger partial charge in [0.2, 0.25) is 0 Å². The van der Waals surface area contributed by atoms with Crippen LogP contribution in [0.25, 0.3) is 0 Å². The fourth-order valence-corrected chi connectivity index (χ4v) is 1.77.